The lowest BCUT2D eigenvalue weighted by molar-refractivity contribution is 0.0913. The molecule has 0 bridgehead atoms. The summed E-state index contributed by atoms with van der Waals surface area (Å²) in [5.74, 6) is 0.901. The molecular formula is C24H31N5O2. The Labute approximate surface area is 183 Å². The first-order valence-corrected chi connectivity index (χ1v) is 11.2. The number of aromatic nitrogens is 4. The molecule has 1 unspecified atom stereocenters. The average molecular weight is 422 g/mol. The molecule has 0 saturated heterocycles. The van der Waals surface area contributed by atoms with Crippen LogP contribution in [-0.2, 0) is 0 Å². The van der Waals surface area contributed by atoms with Crippen LogP contribution in [0.5, 0.6) is 0 Å². The lowest BCUT2D eigenvalue weighted by atomic mass is 9.95. The first-order valence-electron chi connectivity index (χ1n) is 11.2. The highest BCUT2D eigenvalue weighted by molar-refractivity contribution is 5.96. The Morgan fingerprint density at radius 1 is 1.16 bits per heavy atom. The molecule has 31 heavy (non-hydrogen) atoms. The van der Waals surface area contributed by atoms with Gasteiger partial charge in [-0.1, -0.05) is 38.3 Å². The molecule has 1 amide bonds. The van der Waals surface area contributed by atoms with Crippen molar-refractivity contribution >= 4 is 5.91 Å². The summed E-state index contributed by atoms with van der Waals surface area (Å²) in [5, 5.41) is 7.23. The number of carbonyl (C=O) groups is 1. The first-order chi connectivity index (χ1) is 15.0. The Bertz CT molecular complexity index is 1030. The molecule has 1 fully saturated rings. The van der Waals surface area contributed by atoms with Crippen molar-refractivity contribution in [3.63, 3.8) is 0 Å². The molecule has 1 saturated carbocycles. The normalized spacial score (nSPS) is 15.9. The van der Waals surface area contributed by atoms with E-state index in [-0.39, 0.29) is 17.9 Å². The Balaban J connectivity index is 1.56. The van der Waals surface area contributed by atoms with Gasteiger partial charge in [-0.25, -0.2) is 0 Å². The van der Waals surface area contributed by atoms with E-state index in [1.54, 1.807) is 12.4 Å². The Morgan fingerprint density at radius 3 is 2.55 bits per heavy atom. The molecule has 1 atom stereocenters. The molecule has 3 aromatic heterocycles. The third-order valence-corrected chi connectivity index (χ3v) is 6.27. The standard InChI is InChI=1S/C24H31N5O2/c1-15(2)21(24-27-22(28-31-24)18-10-12-25-13-11-18)26-23(30)20-14-16(3)29(17(20)4)19-8-6-5-7-9-19/h10-15,19,21H,5-9H2,1-4H3,(H,26,30). The number of nitrogens with zero attached hydrogens (tertiary/aromatic N) is 4. The van der Waals surface area contributed by atoms with E-state index in [4.69, 9.17) is 4.52 Å². The largest absolute Gasteiger partial charge is 0.345 e. The summed E-state index contributed by atoms with van der Waals surface area (Å²) in [7, 11) is 0. The molecule has 1 N–H and O–H groups in total. The highest BCUT2D eigenvalue weighted by Crippen LogP contribution is 2.32. The Hall–Kier alpha value is -2.96. The average Bonchev–Trinajstić information content (AvgIpc) is 3.37. The second-order valence-electron chi connectivity index (χ2n) is 8.83. The number of aryl methyl sites for hydroxylation is 1. The molecular weight excluding hydrogens is 390 g/mol. The minimum absolute atomic E-state index is 0.0940. The number of rotatable bonds is 6. The van der Waals surface area contributed by atoms with E-state index in [1.807, 2.05) is 32.0 Å². The van der Waals surface area contributed by atoms with Crippen molar-refractivity contribution in [3.05, 3.63) is 53.4 Å². The summed E-state index contributed by atoms with van der Waals surface area (Å²) >= 11 is 0. The second-order valence-corrected chi connectivity index (χ2v) is 8.83. The Kier molecular flexibility index (Phi) is 6.20. The smallest absolute Gasteiger partial charge is 0.253 e. The van der Waals surface area contributed by atoms with Crippen LogP contribution in [0.3, 0.4) is 0 Å². The number of amides is 1. The van der Waals surface area contributed by atoms with E-state index in [9.17, 15) is 4.79 Å². The number of pyridine rings is 1. The van der Waals surface area contributed by atoms with Crippen molar-refractivity contribution in [2.45, 2.75) is 71.9 Å². The van der Waals surface area contributed by atoms with Gasteiger partial charge in [-0.05, 0) is 50.8 Å². The van der Waals surface area contributed by atoms with Crippen LogP contribution < -0.4 is 5.32 Å². The number of hydrogen-bond acceptors (Lipinski definition) is 5. The van der Waals surface area contributed by atoms with Gasteiger partial charge in [-0.15, -0.1) is 0 Å². The zero-order valence-electron chi connectivity index (χ0n) is 18.8. The fraction of sp³-hybridized carbons (Fsp3) is 0.500. The first kappa shape index (κ1) is 21.3. The van der Waals surface area contributed by atoms with Gasteiger partial charge < -0.3 is 14.4 Å². The lowest BCUT2D eigenvalue weighted by Gasteiger charge is -2.26. The Morgan fingerprint density at radius 2 is 1.87 bits per heavy atom. The van der Waals surface area contributed by atoms with Crippen LogP contribution in [0.4, 0.5) is 0 Å². The summed E-state index contributed by atoms with van der Waals surface area (Å²) in [6.07, 6.45) is 9.58. The fourth-order valence-corrected chi connectivity index (χ4v) is 4.62. The maximum Gasteiger partial charge on any atom is 0.253 e. The van der Waals surface area contributed by atoms with Crippen LogP contribution >= 0.6 is 0 Å². The molecule has 0 radical (unpaired) electrons. The van der Waals surface area contributed by atoms with Crippen LogP contribution in [0.2, 0.25) is 0 Å². The van der Waals surface area contributed by atoms with E-state index in [2.05, 4.69) is 38.9 Å². The monoisotopic (exact) mass is 421 g/mol. The molecule has 0 aliphatic heterocycles. The molecule has 1 aliphatic carbocycles. The molecule has 164 valence electrons. The van der Waals surface area contributed by atoms with Crippen molar-refractivity contribution in [2.75, 3.05) is 0 Å². The fourth-order valence-electron chi connectivity index (χ4n) is 4.62. The molecule has 3 aromatic rings. The summed E-state index contributed by atoms with van der Waals surface area (Å²) in [6.45, 7) is 8.21. The molecule has 0 spiro atoms. The zero-order chi connectivity index (χ0) is 22.0. The van der Waals surface area contributed by atoms with Crippen LogP contribution in [-0.4, -0.2) is 25.6 Å². The van der Waals surface area contributed by atoms with E-state index >= 15 is 0 Å². The maximum atomic E-state index is 13.3. The molecule has 1 aliphatic rings. The minimum Gasteiger partial charge on any atom is -0.345 e. The number of carbonyl (C=O) groups excluding carboxylic acids is 1. The van der Waals surface area contributed by atoms with Gasteiger partial charge in [-0.3, -0.25) is 9.78 Å². The SMILES string of the molecule is Cc1cc(C(=O)NC(c2nc(-c3ccncc3)no2)C(C)C)c(C)n1C1CCCCC1. The minimum atomic E-state index is -0.367. The van der Waals surface area contributed by atoms with Gasteiger partial charge in [-0.2, -0.15) is 4.98 Å². The van der Waals surface area contributed by atoms with Crippen LogP contribution in [0.1, 0.15) is 85.7 Å². The van der Waals surface area contributed by atoms with Gasteiger partial charge in [0.15, 0.2) is 0 Å². The number of hydrogen-bond donors (Lipinski definition) is 1. The van der Waals surface area contributed by atoms with Gasteiger partial charge in [0.2, 0.25) is 11.7 Å². The quantitative estimate of drug-likeness (QED) is 0.592. The van der Waals surface area contributed by atoms with Crippen molar-refractivity contribution in [1.29, 1.82) is 0 Å². The summed E-state index contributed by atoms with van der Waals surface area (Å²) < 4.78 is 7.89. The second kappa shape index (κ2) is 9.04. The topological polar surface area (TPSA) is 85.8 Å². The van der Waals surface area contributed by atoms with E-state index < -0.39 is 0 Å². The zero-order valence-corrected chi connectivity index (χ0v) is 18.8. The maximum absolute atomic E-state index is 13.3. The summed E-state index contributed by atoms with van der Waals surface area (Å²) in [5.41, 5.74) is 3.73. The molecule has 7 nitrogen and oxygen atoms in total. The highest BCUT2D eigenvalue weighted by atomic mass is 16.5. The number of nitrogens with one attached hydrogen (secondary N) is 1. The summed E-state index contributed by atoms with van der Waals surface area (Å²) in [6, 6.07) is 5.80. The van der Waals surface area contributed by atoms with Crippen molar-refractivity contribution < 1.29 is 9.32 Å². The van der Waals surface area contributed by atoms with Crippen LogP contribution in [0, 0.1) is 19.8 Å². The van der Waals surface area contributed by atoms with E-state index in [1.165, 1.54) is 32.1 Å². The predicted octanol–water partition coefficient (Wildman–Crippen LogP) is 5.18. The van der Waals surface area contributed by atoms with Gasteiger partial charge in [0, 0.05) is 35.4 Å². The third kappa shape index (κ3) is 4.40. The van der Waals surface area contributed by atoms with Crippen LogP contribution in [0.15, 0.2) is 35.1 Å². The molecule has 7 heteroatoms. The van der Waals surface area contributed by atoms with Gasteiger partial charge >= 0.3 is 0 Å². The van der Waals surface area contributed by atoms with Gasteiger partial charge in [0.05, 0.1) is 5.56 Å². The van der Waals surface area contributed by atoms with Crippen molar-refractivity contribution in [2.24, 2.45) is 5.92 Å². The summed E-state index contributed by atoms with van der Waals surface area (Å²) in [4.78, 5) is 21.8. The van der Waals surface area contributed by atoms with E-state index in [0.29, 0.717) is 17.8 Å². The third-order valence-electron chi connectivity index (χ3n) is 6.27. The van der Waals surface area contributed by atoms with E-state index in [0.717, 1.165) is 22.5 Å². The molecule has 4 rings (SSSR count). The predicted molar refractivity (Wildman–Crippen MR) is 119 cm³/mol. The van der Waals surface area contributed by atoms with Crippen LogP contribution in [0.25, 0.3) is 11.4 Å². The molecule has 3 heterocycles. The van der Waals surface area contributed by atoms with Gasteiger partial charge in [0.25, 0.3) is 5.91 Å². The van der Waals surface area contributed by atoms with Crippen molar-refractivity contribution in [1.82, 2.24) is 25.0 Å². The van der Waals surface area contributed by atoms with Gasteiger partial charge in [0.1, 0.15) is 6.04 Å². The lowest BCUT2D eigenvalue weighted by Crippen LogP contribution is -2.32. The van der Waals surface area contributed by atoms with Crippen molar-refractivity contribution in [3.8, 4) is 11.4 Å². The molecule has 0 aromatic carbocycles. The highest BCUT2D eigenvalue weighted by Gasteiger charge is 2.28.